The molecule has 1 saturated carbocycles. The van der Waals surface area contributed by atoms with E-state index in [1.165, 1.54) is 0 Å². The first kappa shape index (κ1) is 22.2. The molecule has 0 unspecified atom stereocenters. The van der Waals surface area contributed by atoms with Crippen molar-refractivity contribution in [2.75, 3.05) is 6.54 Å². The number of esters is 1. The lowest BCUT2D eigenvalue weighted by atomic mass is 9.44. The van der Waals surface area contributed by atoms with Crippen molar-refractivity contribution in [3.63, 3.8) is 0 Å². The highest BCUT2D eigenvalue weighted by Gasteiger charge is 2.62. The highest BCUT2D eigenvalue weighted by Crippen LogP contribution is 2.67. The molecule has 7 nitrogen and oxygen atoms in total. The normalized spacial score (nSPS) is 29.2. The number of carbonyl (C=O) groups is 3. The van der Waals surface area contributed by atoms with Crippen LogP contribution in [0.5, 0.6) is 0 Å². The molecule has 0 aromatic carbocycles. The van der Waals surface area contributed by atoms with E-state index in [-0.39, 0.29) is 36.1 Å². The third-order valence-corrected chi connectivity index (χ3v) is 6.14. The lowest BCUT2D eigenvalue weighted by molar-refractivity contribution is -0.179. The molecule has 158 valence electrons. The number of carboxylic acids is 1. The number of hydrogen-bond donors (Lipinski definition) is 2. The summed E-state index contributed by atoms with van der Waals surface area (Å²) in [4.78, 5) is 35.6. The molecule has 2 N–H and O–H groups in total. The Hall–Kier alpha value is -2.05. The van der Waals surface area contributed by atoms with E-state index in [0.29, 0.717) is 0 Å². The second kappa shape index (κ2) is 8.53. The van der Waals surface area contributed by atoms with Gasteiger partial charge in [0.1, 0.15) is 0 Å². The largest absolute Gasteiger partial charge is 0.481 e. The molecule has 0 bridgehead atoms. The summed E-state index contributed by atoms with van der Waals surface area (Å²) in [6, 6.07) is 0. The topological polar surface area (TPSA) is 102 Å². The van der Waals surface area contributed by atoms with Crippen molar-refractivity contribution in [3.8, 4) is 0 Å². The number of carbonyl (C=O) groups excluding carboxylic acids is 2. The smallest absolute Gasteiger partial charge is 0.410 e. The van der Waals surface area contributed by atoms with Crippen LogP contribution in [-0.4, -0.2) is 36.0 Å². The van der Waals surface area contributed by atoms with Crippen molar-refractivity contribution in [1.82, 2.24) is 5.32 Å². The molecule has 7 heteroatoms. The summed E-state index contributed by atoms with van der Waals surface area (Å²) in [6.07, 6.45) is 5.25. The van der Waals surface area contributed by atoms with Crippen molar-refractivity contribution in [2.24, 2.45) is 28.6 Å². The Morgan fingerprint density at radius 3 is 2.43 bits per heavy atom. The van der Waals surface area contributed by atoms with E-state index in [2.05, 4.69) is 24.4 Å². The van der Waals surface area contributed by atoms with Gasteiger partial charge in [-0.05, 0) is 30.6 Å². The van der Waals surface area contributed by atoms with E-state index >= 15 is 0 Å². The second-order valence-corrected chi connectivity index (χ2v) is 8.90. The molecule has 2 aliphatic rings. The summed E-state index contributed by atoms with van der Waals surface area (Å²) in [5.41, 5.74) is -0.385. The van der Waals surface area contributed by atoms with Gasteiger partial charge in [-0.3, -0.25) is 9.59 Å². The first-order chi connectivity index (χ1) is 13.0. The molecule has 4 atom stereocenters. The third-order valence-electron chi connectivity index (χ3n) is 6.14. The molecule has 0 heterocycles. The van der Waals surface area contributed by atoms with Crippen molar-refractivity contribution in [3.05, 3.63) is 12.2 Å². The van der Waals surface area contributed by atoms with Crippen LogP contribution in [0.1, 0.15) is 60.3 Å². The fourth-order valence-corrected chi connectivity index (χ4v) is 4.63. The lowest BCUT2D eigenvalue weighted by Crippen LogP contribution is -2.59. The number of nitrogens with one attached hydrogen (secondary N) is 1. The first-order valence-corrected chi connectivity index (χ1v) is 10.1. The highest BCUT2D eigenvalue weighted by molar-refractivity contribution is 5.72. The maximum absolute atomic E-state index is 12.3. The fraction of sp³-hybridized carbons (Fsp3) is 0.762. The molecule has 0 spiro atoms. The molecular weight excluding hydrogens is 362 g/mol. The molecule has 0 radical (unpaired) electrons. The van der Waals surface area contributed by atoms with E-state index in [1.54, 1.807) is 27.7 Å². The minimum atomic E-state index is -0.979. The number of hydrogen-bond acceptors (Lipinski definition) is 5. The van der Waals surface area contributed by atoms with Crippen LogP contribution in [-0.2, 0) is 19.1 Å². The SMILES string of the molecule is CC[C@@]12CC=C[C@H]1[C@](CNC(=O)O[C@H](OC(=O)C(C)C)C(C)C)(CC(=O)O)C2. The molecule has 0 aromatic heterocycles. The average molecular weight is 395 g/mol. The molecular formula is C21H33NO6. The molecule has 1 amide bonds. The Morgan fingerprint density at radius 1 is 1.21 bits per heavy atom. The van der Waals surface area contributed by atoms with Gasteiger partial charge in [0.15, 0.2) is 0 Å². The summed E-state index contributed by atoms with van der Waals surface area (Å²) < 4.78 is 10.6. The summed E-state index contributed by atoms with van der Waals surface area (Å²) in [5.74, 6) is -1.68. The Labute approximate surface area is 166 Å². The monoisotopic (exact) mass is 395 g/mol. The standard InChI is InChI=1S/C21H33NO6/c1-6-20-9-7-8-15(20)21(11-20,10-16(23)24)12-22-19(26)28-18(14(4)5)27-17(25)13(2)3/h7-8,13-15,18H,6,9-12H2,1-5H3,(H,22,26)(H,23,24)/t15-,18+,20+,21-/m1/s1. The van der Waals surface area contributed by atoms with Gasteiger partial charge in [-0.2, -0.15) is 0 Å². The molecule has 0 aliphatic heterocycles. The van der Waals surface area contributed by atoms with Crippen LogP contribution in [0.15, 0.2) is 12.2 Å². The molecule has 2 rings (SSSR count). The number of aliphatic carboxylic acids is 1. The van der Waals surface area contributed by atoms with Gasteiger partial charge in [0.25, 0.3) is 6.29 Å². The van der Waals surface area contributed by atoms with Crippen molar-refractivity contribution < 1.29 is 29.0 Å². The molecule has 0 saturated heterocycles. The first-order valence-electron chi connectivity index (χ1n) is 10.1. The average Bonchev–Trinajstić information content (AvgIpc) is 2.95. The summed E-state index contributed by atoms with van der Waals surface area (Å²) in [5, 5.41) is 12.1. The van der Waals surface area contributed by atoms with Crippen molar-refractivity contribution in [1.29, 1.82) is 0 Å². The fourth-order valence-electron chi connectivity index (χ4n) is 4.63. The van der Waals surface area contributed by atoms with Gasteiger partial charge < -0.3 is 19.9 Å². The highest BCUT2D eigenvalue weighted by atomic mass is 16.7. The molecule has 28 heavy (non-hydrogen) atoms. The number of fused-ring (bicyclic) bond motifs is 1. The van der Waals surface area contributed by atoms with E-state index in [1.807, 2.05) is 0 Å². The van der Waals surface area contributed by atoms with Crippen molar-refractivity contribution >= 4 is 18.0 Å². The van der Waals surface area contributed by atoms with E-state index in [9.17, 15) is 19.5 Å². The predicted octanol–water partition coefficient (Wildman–Crippen LogP) is 3.73. The van der Waals surface area contributed by atoms with Gasteiger partial charge in [-0.15, -0.1) is 0 Å². The van der Waals surface area contributed by atoms with Gasteiger partial charge >= 0.3 is 18.0 Å². The predicted molar refractivity (Wildman–Crippen MR) is 103 cm³/mol. The van der Waals surface area contributed by atoms with Gasteiger partial charge in [0.2, 0.25) is 0 Å². The van der Waals surface area contributed by atoms with Crippen LogP contribution in [0.3, 0.4) is 0 Å². The van der Waals surface area contributed by atoms with Crippen LogP contribution < -0.4 is 5.32 Å². The quantitative estimate of drug-likeness (QED) is 0.350. The van der Waals surface area contributed by atoms with Gasteiger partial charge in [-0.25, -0.2) is 4.79 Å². The van der Waals surface area contributed by atoms with Crippen LogP contribution in [0.4, 0.5) is 4.79 Å². The summed E-state index contributed by atoms with van der Waals surface area (Å²) in [7, 11) is 0. The Kier molecular flexibility index (Phi) is 6.78. The molecule has 0 aromatic rings. The zero-order valence-electron chi connectivity index (χ0n) is 17.5. The van der Waals surface area contributed by atoms with Gasteiger partial charge in [0, 0.05) is 17.9 Å². The number of amides is 1. The molecule has 1 fully saturated rings. The Balaban J connectivity index is 1.99. The number of alkyl carbamates (subject to hydrolysis) is 1. The number of allylic oxidation sites excluding steroid dienone is 2. The maximum atomic E-state index is 12.3. The number of ether oxygens (including phenoxy) is 2. The summed E-state index contributed by atoms with van der Waals surface area (Å²) >= 11 is 0. The minimum Gasteiger partial charge on any atom is -0.481 e. The van der Waals surface area contributed by atoms with Crippen LogP contribution in [0.2, 0.25) is 0 Å². The maximum Gasteiger partial charge on any atom is 0.410 e. The van der Waals surface area contributed by atoms with E-state index in [0.717, 1.165) is 19.3 Å². The van der Waals surface area contributed by atoms with Crippen LogP contribution in [0, 0.1) is 28.6 Å². The minimum absolute atomic E-state index is 0.0000187. The Morgan fingerprint density at radius 2 is 1.89 bits per heavy atom. The lowest BCUT2D eigenvalue weighted by Gasteiger charge is -2.60. The summed E-state index contributed by atoms with van der Waals surface area (Å²) in [6.45, 7) is 9.35. The van der Waals surface area contributed by atoms with Crippen LogP contribution >= 0.6 is 0 Å². The van der Waals surface area contributed by atoms with E-state index < -0.39 is 29.7 Å². The second-order valence-electron chi connectivity index (χ2n) is 8.90. The van der Waals surface area contributed by atoms with E-state index in [4.69, 9.17) is 9.47 Å². The number of carboxylic acid groups (broad SMARTS) is 1. The zero-order valence-corrected chi connectivity index (χ0v) is 17.5. The number of rotatable bonds is 9. The Bertz CT molecular complexity index is 643. The van der Waals surface area contributed by atoms with Gasteiger partial charge in [-0.1, -0.05) is 46.8 Å². The molecule has 2 aliphatic carbocycles. The van der Waals surface area contributed by atoms with Crippen molar-refractivity contribution in [2.45, 2.75) is 66.6 Å². The van der Waals surface area contributed by atoms with Crippen LogP contribution in [0.25, 0.3) is 0 Å². The zero-order chi connectivity index (χ0) is 21.1. The third kappa shape index (κ3) is 4.50. The van der Waals surface area contributed by atoms with Gasteiger partial charge in [0.05, 0.1) is 12.3 Å².